The minimum Gasteiger partial charge on any atom is -0.494 e. The Bertz CT molecular complexity index is 1010. The number of halogens is 3. The van der Waals surface area contributed by atoms with Crippen molar-refractivity contribution in [3.8, 4) is 5.75 Å². The van der Waals surface area contributed by atoms with Crippen LogP contribution in [-0.2, 0) is 16.1 Å². The first-order valence-electron chi connectivity index (χ1n) is 10.4. The maximum atomic E-state index is 13.0. The highest BCUT2D eigenvalue weighted by Gasteiger charge is 2.38. The van der Waals surface area contributed by atoms with Crippen LogP contribution in [0.15, 0.2) is 84.9 Å². The number of carbonyl (C=O) groups is 2. The second kappa shape index (κ2) is 13.0. The highest BCUT2D eigenvalue weighted by atomic mass is 19.4. The molecule has 0 saturated carbocycles. The largest absolute Gasteiger partial charge is 0.494 e. The fraction of sp³-hybridized carbons (Fsp3) is 0.200. The summed E-state index contributed by atoms with van der Waals surface area (Å²) in [5.74, 6) is -1.92. The smallest absolute Gasteiger partial charge is 0.490 e. The number of benzene rings is 3. The molecule has 0 aromatic heterocycles. The van der Waals surface area contributed by atoms with Crippen LogP contribution in [0.4, 0.5) is 24.5 Å². The Morgan fingerprint density at radius 3 is 1.82 bits per heavy atom. The predicted octanol–water partition coefficient (Wildman–Crippen LogP) is 5.17. The summed E-state index contributed by atoms with van der Waals surface area (Å²) in [6, 6.07) is 27.3. The molecule has 3 aromatic rings. The Labute approximate surface area is 195 Å². The number of nitrogens with one attached hydrogen (secondary N) is 1. The summed E-state index contributed by atoms with van der Waals surface area (Å²) < 4.78 is 37.4. The summed E-state index contributed by atoms with van der Waals surface area (Å²) in [4.78, 5) is 23.6. The SMILES string of the molecule is CCOc1ccccc1CNCC(=O)N(c1ccccc1)c1ccccc1.O=C(O)C(F)(F)F. The van der Waals surface area contributed by atoms with Crippen molar-refractivity contribution in [3.63, 3.8) is 0 Å². The topological polar surface area (TPSA) is 78.9 Å². The highest BCUT2D eigenvalue weighted by molar-refractivity contribution is 6.01. The molecule has 0 aliphatic carbocycles. The number of hydrogen-bond acceptors (Lipinski definition) is 4. The predicted molar refractivity (Wildman–Crippen MR) is 123 cm³/mol. The lowest BCUT2D eigenvalue weighted by Gasteiger charge is -2.23. The number of ether oxygens (including phenoxy) is 1. The van der Waals surface area contributed by atoms with Gasteiger partial charge in [-0.05, 0) is 37.3 Å². The van der Waals surface area contributed by atoms with Gasteiger partial charge in [0.05, 0.1) is 13.2 Å². The van der Waals surface area contributed by atoms with Crippen LogP contribution in [0.5, 0.6) is 5.75 Å². The van der Waals surface area contributed by atoms with Gasteiger partial charge in [0.15, 0.2) is 0 Å². The molecule has 0 unspecified atom stereocenters. The summed E-state index contributed by atoms with van der Waals surface area (Å²) >= 11 is 0. The molecule has 1 amide bonds. The van der Waals surface area contributed by atoms with E-state index in [0.29, 0.717) is 13.2 Å². The third kappa shape index (κ3) is 8.25. The number of anilines is 2. The number of rotatable bonds is 8. The molecular weight excluding hydrogens is 449 g/mol. The molecule has 0 saturated heterocycles. The van der Waals surface area contributed by atoms with Crippen molar-refractivity contribution in [3.05, 3.63) is 90.5 Å². The average molecular weight is 474 g/mol. The van der Waals surface area contributed by atoms with Crippen LogP contribution >= 0.6 is 0 Å². The third-order valence-corrected chi connectivity index (χ3v) is 4.38. The number of aliphatic carboxylic acids is 1. The van der Waals surface area contributed by atoms with E-state index in [4.69, 9.17) is 14.6 Å². The Morgan fingerprint density at radius 1 is 0.882 bits per heavy atom. The van der Waals surface area contributed by atoms with Crippen molar-refractivity contribution in [2.45, 2.75) is 19.6 Å². The van der Waals surface area contributed by atoms with Crippen LogP contribution < -0.4 is 15.0 Å². The number of amides is 1. The minimum atomic E-state index is -5.08. The van der Waals surface area contributed by atoms with E-state index in [-0.39, 0.29) is 12.5 Å². The van der Waals surface area contributed by atoms with Gasteiger partial charge in [-0.25, -0.2) is 4.79 Å². The molecular formula is C25H25F3N2O4. The normalized spacial score (nSPS) is 10.6. The number of carboxylic acid groups (broad SMARTS) is 1. The van der Waals surface area contributed by atoms with E-state index in [1.807, 2.05) is 91.9 Å². The van der Waals surface area contributed by atoms with Gasteiger partial charge < -0.3 is 15.2 Å². The molecule has 0 radical (unpaired) electrons. The summed E-state index contributed by atoms with van der Waals surface area (Å²) in [7, 11) is 0. The van der Waals surface area contributed by atoms with E-state index in [9.17, 15) is 18.0 Å². The zero-order chi connectivity index (χ0) is 25.0. The number of hydrogen-bond donors (Lipinski definition) is 2. The van der Waals surface area contributed by atoms with E-state index in [1.165, 1.54) is 0 Å². The van der Waals surface area contributed by atoms with Gasteiger partial charge >= 0.3 is 12.1 Å². The van der Waals surface area contributed by atoms with E-state index in [1.54, 1.807) is 4.90 Å². The minimum absolute atomic E-state index is 0.0127. The number of carbonyl (C=O) groups excluding carboxylic acids is 1. The third-order valence-electron chi connectivity index (χ3n) is 4.38. The number of para-hydroxylation sites is 3. The summed E-state index contributed by atoms with van der Waals surface area (Å²) in [5, 5.41) is 10.4. The van der Waals surface area contributed by atoms with E-state index in [2.05, 4.69) is 5.32 Å². The molecule has 0 spiro atoms. The molecule has 3 rings (SSSR count). The van der Waals surface area contributed by atoms with E-state index < -0.39 is 12.1 Å². The Balaban J connectivity index is 0.000000509. The fourth-order valence-corrected chi connectivity index (χ4v) is 2.92. The monoisotopic (exact) mass is 474 g/mol. The van der Waals surface area contributed by atoms with Crippen LogP contribution in [0.3, 0.4) is 0 Å². The molecule has 6 nitrogen and oxygen atoms in total. The van der Waals surface area contributed by atoms with Crippen molar-refractivity contribution in [2.24, 2.45) is 0 Å². The zero-order valence-corrected chi connectivity index (χ0v) is 18.5. The summed E-state index contributed by atoms with van der Waals surface area (Å²) in [6.07, 6.45) is -5.08. The van der Waals surface area contributed by atoms with Crippen molar-refractivity contribution in [1.82, 2.24) is 5.32 Å². The van der Waals surface area contributed by atoms with Crippen LogP contribution in [0.25, 0.3) is 0 Å². The van der Waals surface area contributed by atoms with Gasteiger partial charge in [0.1, 0.15) is 5.75 Å². The molecule has 0 fully saturated rings. The molecule has 3 aromatic carbocycles. The van der Waals surface area contributed by atoms with Gasteiger partial charge in [-0.2, -0.15) is 13.2 Å². The number of alkyl halides is 3. The highest BCUT2D eigenvalue weighted by Crippen LogP contribution is 2.25. The first-order valence-corrected chi connectivity index (χ1v) is 10.4. The lowest BCUT2D eigenvalue weighted by molar-refractivity contribution is -0.192. The zero-order valence-electron chi connectivity index (χ0n) is 18.5. The van der Waals surface area contributed by atoms with Gasteiger partial charge in [-0.1, -0.05) is 54.6 Å². The Hall–Kier alpha value is -3.85. The van der Waals surface area contributed by atoms with E-state index in [0.717, 1.165) is 22.7 Å². The molecule has 34 heavy (non-hydrogen) atoms. The lowest BCUT2D eigenvalue weighted by Crippen LogP contribution is -2.35. The van der Waals surface area contributed by atoms with Gasteiger partial charge in [0.25, 0.3) is 0 Å². The molecule has 0 heterocycles. The summed E-state index contributed by atoms with van der Waals surface area (Å²) in [6.45, 7) is 3.38. The number of carboxylic acids is 1. The van der Waals surface area contributed by atoms with Gasteiger partial charge in [0, 0.05) is 23.5 Å². The number of nitrogens with zero attached hydrogens (tertiary/aromatic N) is 1. The molecule has 9 heteroatoms. The van der Waals surface area contributed by atoms with Crippen molar-refractivity contribution in [2.75, 3.05) is 18.1 Å². The van der Waals surface area contributed by atoms with E-state index >= 15 is 0 Å². The van der Waals surface area contributed by atoms with Crippen LogP contribution in [0, 0.1) is 0 Å². The molecule has 0 bridgehead atoms. The first-order chi connectivity index (χ1) is 16.2. The Morgan fingerprint density at radius 2 is 1.35 bits per heavy atom. The maximum absolute atomic E-state index is 13.0. The first kappa shape index (κ1) is 26.4. The van der Waals surface area contributed by atoms with Gasteiger partial charge in [0.2, 0.25) is 5.91 Å². The summed E-state index contributed by atoms with van der Waals surface area (Å²) in [5.41, 5.74) is 2.74. The molecule has 0 aliphatic heterocycles. The van der Waals surface area contributed by atoms with Crippen molar-refractivity contribution < 1.29 is 32.6 Å². The van der Waals surface area contributed by atoms with Crippen LogP contribution in [-0.4, -0.2) is 36.3 Å². The quantitative estimate of drug-likeness (QED) is 0.471. The second-order valence-corrected chi connectivity index (χ2v) is 6.85. The lowest BCUT2D eigenvalue weighted by atomic mass is 10.2. The fourth-order valence-electron chi connectivity index (χ4n) is 2.92. The van der Waals surface area contributed by atoms with Gasteiger partial charge in [-0.3, -0.25) is 9.69 Å². The molecule has 0 aliphatic rings. The molecule has 0 atom stereocenters. The average Bonchev–Trinajstić information content (AvgIpc) is 2.82. The maximum Gasteiger partial charge on any atom is 0.490 e. The van der Waals surface area contributed by atoms with Crippen molar-refractivity contribution >= 4 is 23.3 Å². The molecule has 180 valence electrons. The van der Waals surface area contributed by atoms with Crippen molar-refractivity contribution in [1.29, 1.82) is 0 Å². The standard InChI is InChI=1S/C23H24N2O2.C2HF3O2/c1-2-27-22-16-10-9-11-19(22)17-24-18-23(26)25(20-12-5-3-6-13-20)21-14-7-4-8-15-21;3-2(4,5)1(6)7/h3-16,24H,2,17-18H2,1H3;(H,6,7). The van der Waals surface area contributed by atoms with Crippen LogP contribution in [0.2, 0.25) is 0 Å². The Kier molecular flexibility index (Phi) is 10.1. The second-order valence-electron chi connectivity index (χ2n) is 6.85. The molecule has 2 N–H and O–H groups in total. The van der Waals surface area contributed by atoms with Crippen LogP contribution in [0.1, 0.15) is 12.5 Å². The van der Waals surface area contributed by atoms with Gasteiger partial charge in [-0.15, -0.1) is 0 Å².